The number of benzene rings is 1. The fourth-order valence-corrected chi connectivity index (χ4v) is 3.13. The van der Waals surface area contributed by atoms with Crippen molar-refractivity contribution in [3.05, 3.63) is 59.4 Å². The van der Waals surface area contributed by atoms with E-state index < -0.39 is 6.04 Å². The van der Waals surface area contributed by atoms with Gasteiger partial charge in [-0.05, 0) is 31.0 Å². The van der Waals surface area contributed by atoms with E-state index in [9.17, 15) is 9.59 Å². The second kappa shape index (κ2) is 6.91. The van der Waals surface area contributed by atoms with Crippen molar-refractivity contribution in [1.82, 2.24) is 14.8 Å². The quantitative estimate of drug-likeness (QED) is 0.937. The summed E-state index contributed by atoms with van der Waals surface area (Å²) in [5.74, 6) is -0.154. The van der Waals surface area contributed by atoms with Crippen LogP contribution in [0.2, 0.25) is 0 Å². The maximum absolute atomic E-state index is 13.1. The van der Waals surface area contributed by atoms with Crippen molar-refractivity contribution >= 4 is 11.8 Å². The third-order valence-corrected chi connectivity index (χ3v) is 4.68. The van der Waals surface area contributed by atoms with Crippen LogP contribution in [0.15, 0.2) is 42.5 Å². The lowest BCUT2D eigenvalue weighted by Crippen LogP contribution is -2.48. The van der Waals surface area contributed by atoms with E-state index in [0.29, 0.717) is 25.2 Å². The van der Waals surface area contributed by atoms with Gasteiger partial charge in [0.1, 0.15) is 11.7 Å². The summed E-state index contributed by atoms with van der Waals surface area (Å²) in [5, 5.41) is 2.93. The number of carbonyl (C=O) groups is 2. The summed E-state index contributed by atoms with van der Waals surface area (Å²) in [5.41, 5.74) is 2.71. The first-order chi connectivity index (χ1) is 11.6. The third kappa shape index (κ3) is 3.20. The molecule has 1 unspecified atom stereocenters. The van der Waals surface area contributed by atoms with E-state index in [1.807, 2.05) is 61.0 Å². The maximum atomic E-state index is 13.1. The molecular weight excluding hydrogens is 302 g/mol. The van der Waals surface area contributed by atoms with E-state index in [1.165, 1.54) is 0 Å². The van der Waals surface area contributed by atoms with Gasteiger partial charge in [0.25, 0.3) is 5.91 Å². The van der Waals surface area contributed by atoms with E-state index in [4.69, 9.17) is 0 Å². The predicted octanol–water partition coefficient (Wildman–Crippen LogP) is 1.91. The molecular formula is C19H23N3O2. The van der Waals surface area contributed by atoms with Gasteiger partial charge in [-0.25, -0.2) is 0 Å². The Morgan fingerprint density at radius 2 is 1.96 bits per heavy atom. The van der Waals surface area contributed by atoms with Crippen LogP contribution in [0.1, 0.15) is 28.2 Å². The second-order valence-electron chi connectivity index (χ2n) is 6.27. The van der Waals surface area contributed by atoms with Gasteiger partial charge in [0.15, 0.2) is 0 Å². The van der Waals surface area contributed by atoms with Crippen molar-refractivity contribution in [3.8, 4) is 0 Å². The molecule has 1 fully saturated rings. The molecule has 1 aromatic carbocycles. The molecule has 5 nitrogen and oxygen atoms in total. The molecule has 0 radical (unpaired) electrons. The molecule has 126 valence electrons. The number of rotatable bonds is 3. The van der Waals surface area contributed by atoms with Crippen LogP contribution in [-0.2, 0) is 18.3 Å². The number of hydrogen-bond donors (Lipinski definition) is 1. The summed E-state index contributed by atoms with van der Waals surface area (Å²) in [6.45, 7) is 3.16. The van der Waals surface area contributed by atoms with E-state index in [2.05, 4.69) is 5.32 Å². The van der Waals surface area contributed by atoms with Crippen molar-refractivity contribution in [2.75, 3.05) is 13.1 Å². The maximum Gasteiger partial charge on any atom is 0.271 e. The standard InChI is InChI=1S/C19H23N3O2/c1-14-9-10-16(21(14)2)19(24)22-12-6-11-20-18(23)17(22)13-15-7-4-3-5-8-15/h3-5,7-10,17H,6,11-13H2,1-2H3,(H,20,23). The summed E-state index contributed by atoms with van der Waals surface area (Å²) in [6.07, 6.45) is 1.30. The van der Waals surface area contributed by atoms with Gasteiger partial charge in [-0.15, -0.1) is 0 Å². The van der Waals surface area contributed by atoms with E-state index in [1.54, 1.807) is 4.90 Å². The van der Waals surface area contributed by atoms with Crippen LogP contribution in [0.3, 0.4) is 0 Å². The first-order valence-electron chi connectivity index (χ1n) is 8.33. The fraction of sp³-hybridized carbons (Fsp3) is 0.368. The predicted molar refractivity (Wildman–Crippen MR) is 92.7 cm³/mol. The topological polar surface area (TPSA) is 54.3 Å². The minimum Gasteiger partial charge on any atom is -0.354 e. The molecule has 0 bridgehead atoms. The molecule has 5 heteroatoms. The summed E-state index contributed by atoms with van der Waals surface area (Å²) >= 11 is 0. The van der Waals surface area contributed by atoms with Crippen LogP contribution in [0.4, 0.5) is 0 Å². The van der Waals surface area contributed by atoms with Crippen LogP contribution in [0.5, 0.6) is 0 Å². The SMILES string of the molecule is Cc1ccc(C(=O)N2CCCNC(=O)C2Cc2ccccc2)n1C. The minimum absolute atomic E-state index is 0.0735. The molecule has 1 aliphatic heterocycles. The normalized spacial score (nSPS) is 18.2. The third-order valence-electron chi connectivity index (χ3n) is 4.68. The van der Waals surface area contributed by atoms with Crippen molar-refractivity contribution in [1.29, 1.82) is 0 Å². The molecule has 1 aliphatic rings. The molecule has 2 heterocycles. The summed E-state index contributed by atoms with van der Waals surface area (Å²) in [6, 6.07) is 13.1. The highest BCUT2D eigenvalue weighted by Crippen LogP contribution is 2.17. The first-order valence-corrected chi connectivity index (χ1v) is 8.33. The molecule has 1 aromatic heterocycles. The average Bonchev–Trinajstić information content (AvgIpc) is 2.81. The van der Waals surface area contributed by atoms with E-state index >= 15 is 0 Å². The zero-order chi connectivity index (χ0) is 17.1. The molecule has 2 amide bonds. The van der Waals surface area contributed by atoms with Gasteiger partial charge in [-0.1, -0.05) is 30.3 Å². The van der Waals surface area contributed by atoms with Gasteiger partial charge < -0.3 is 14.8 Å². The van der Waals surface area contributed by atoms with E-state index in [-0.39, 0.29) is 11.8 Å². The van der Waals surface area contributed by atoms with Gasteiger partial charge in [-0.3, -0.25) is 9.59 Å². The van der Waals surface area contributed by atoms with Crippen molar-refractivity contribution in [3.63, 3.8) is 0 Å². The Bertz CT molecular complexity index is 736. The van der Waals surface area contributed by atoms with Crippen LogP contribution in [0, 0.1) is 6.92 Å². The number of nitrogens with zero attached hydrogens (tertiary/aromatic N) is 2. The Balaban J connectivity index is 1.90. The summed E-state index contributed by atoms with van der Waals surface area (Å²) in [4.78, 5) is 27.3. The lowest BCUT2D eigenvalue weighted by atomic mass is 10.0. The minimum atomic E-state index is -0.474. The van der Waals surface area contributed by atoms with Crippen LogP contribution < -0.4 is 5.32 Å². The molecule has 1 atom stereocenters. The highest BCUT2D eigenvalue weighted by molar-refractivity contribution is 5.97. The zero-order valence-electron chi connectivity index (χ0n) is 14.2. The smallest absolute Gasteiger partial charge is 0.271 e. The summed E-state index contributed by atoms with van der Waals surface area (Å²) < 4.78 is 1.88. The number of carbonyl (C=O) groups excluding carboxylic acids is 2. The Hall–Kier alpha value is -2.56. The van der Waals surface area contributed by atoms with Crippen LogP contribution in [0.25, 0.3) is 0 Å². The highest BCUT2D eigenvalue weighted by atomic mass is 16.2. The van der Waals surface area contributed by atoms with Crippen molar-refractivity contribution in [2.24, 2.45) is 7.05 Å². The largest absolute Gasteiger partial charge is 0.354 e. The van der Waals surface area contributed by atoms with Gasteiger partial charge in [0.2, 0.25) is 5.91 Å². The van der Waals surface area contributed by atoms with Crippen LogP contribution >= 0.6 is 0 Å². The molecule has 3 rings (SSSR count). The number of hydrogen-bond acceptors (Lipinski definition) is 2. The number of nitrogens with one attached hydrogen (secondary N) is 1. The number of aromatic nitrogens is 1. The first kappa shape index (κ1) is 16.3. The lowest BCUT2D eigenvalue weighted by Gasteiger charge is -2.29. The molecule has 24 heavy (non-hydrogen) atoms. The zero-order valence-corrected chi connectivity index (χ0v) is 14.2. The Labute approximate surface area is 142 Å². The molecule has 1 saturated heterocycles. The van der Waals surface area contributed by atoms with Gasteiger partial charge in [0, 0.05) is 32.3 Å². The molecule has 0 spiro atoms. The average molecular weight is 325 g/mol. The van der Waals surface area contributed by atoms with Crippen molar-refractivity contribution in [2.45, 2.75) is 25.8 Å². The molecule has 1 N–H and O–H groups in total. The number of amides is 2. The van der Waals surface area contributed by atoms with E-state index in [0.717, 1.165) is 17.7 Å². The Morgan fingerprint density at radius 1 is 1.21 bits per heavy atom. The van der Waals surface area contributed by atoms with Gasteiger partial charge in [0.05, 0.1) is 0 Å². The number of aryl methyl sites for hydroxylation is 1. The highest BCUT2D eigenvalue weighted by Gasteiger charge is 2.33. The monoisotopic (exact) mass is 325 g/mol. The Kier molecular flexibility index (Phi) is 4.69. The lowest BCUT2D eigenvalue weighted by molar-refractivity contribution is -0.124. The molecule has 0 saturated carbocycles. The van der Waals surface area contributed by atoms with Gasteiger partial charge in [-0.2, -0.15) is 0 Å². The van der Waals surface area contributed by atoms with Crippen LogP contribution in [-0.4, -0.2) is 40.4 Å². The summed E-state index contributed by atoms with van der Waals surface area (Å²) in [7, 11) is 1.88. The molecule has 2 aromatic rings. The van der Waals surface area contributed by atoms with Crippen molar-refractivity contribution < 1.29 is 9.59 Å². The fourth-order valence-electron chi connectivity index (χ4n) is 3.13. The Morgan fingerprint density at radius 3 is 2.62 bits per heavy atom. The molecule has 0 aliphatic carbocycles. The van der Waals surface area contributed by atoms with Gasteiger partial charge >= 0.3 is 0 Å². The second-order valence-corrected chi connectivity index (χ2v) is 6.27.